The maximum atomic E-state index is 4.22. The van der Waals surface area contributed by atoms with Crippen LogP contribution >= 0.6 is 11.3 Å². The van der Waals surface area contributed by atoms with E-state index in [0.717, 1.165) is 6.54 Å². The number of thiazole rings is 1. The fourth-order valence-electron chi connectivity index (χ4n) is 1.31. The first-order chi connectivity index (χ1) is 6.27. The number of nitrogens with zero attached hydrogens (tertiary/aromatic N) is 1. The van der Waals surface area contributed by atoms with Crippen LogP contribution in [-0.4, -0.2) is 11.0 Å². The van der Waals surface area contributed by atoms with Gasteiger partial charge in [-0.2, -0.15) is 0 Å². The first-order valence-corrected chi connectivity index (χ1v) is 5.78. The summed E-state index contributed by atoms with van der Waals surface area (Å²) in [7, 11) is 0. The Labute approximate surface area is 84.4 Å². The third-order valence-electron chi connectivity index (χ3n) is 2.38. The normalized spacial score (nSPS) is 11.1. The summed E-state index contributed by atoms with van der Waals surface area (Å²) in [5.74, 6) is 0. The monoisotopic (exact) mass is 198 g/mol. The van der Waals surface area contributed by atoms with E-state index in [9.17, 15) is 0 Å². The summed E-state index contributed by atoms with van der Waals surface area (Å²) in [5, 5.41) is 3.53. The molecule has 0 unspecified atom stereocenters. The highest BCUT2D eigenvalue weighted by molar-refractivity contribution is 7.09. The maximum absolute atomic E-state index is 4.22. The van der Waals surface area contributed by atoms with Crippen molar-refractivity contribution < 1.29 is 0 Å². The molecule has 0 fully saturated rings. The molecule has 74 valence electrons. The Morgan fingerprint density at radius 2 is 2.15 bits per heavy atom. The van der Waals surface area contributed by atoms with Crippen LogP contribution < -0.4 is 5.32 Å². The van der Waals surface area contributed by atoms with Gasteiger partial charge >= 0.3 is 0 Å². The molecule has 3 heteroatoms. The minimum absolute atomic E-state index is 0.654. The average molecular weight is 198 g/mol. The number of hydrogen-bond donors (Lipinski definition) is 1. The Balaban J connectivity index is 2.38. The number of aryl methyl sites for hydroxylation is 1. The molecule has 0 spiro atoms. The summed E-state index contributed by atoms with van der Waals surface area (Å²) < 4.78 is 0. The van der Waals surface area contributed by atoms with Crippen molar-refractivity contribution in [1.29, 1.82) is 0 Å². The van der Waals surface area contributed by atoms with Crippen LogP contribution in [0, 0.1) is 6.92 Å². The van der Waals surface area contributed by atoms with Crippen molar-refractivity contribution in [3.8, 4) is 0 Å². The highest BCUT2D eigenvalue weighted by Crippen LogP contribution is 2.12. The van der Waals surface area contributed by atoms with Crippen molar-refractivity contribution in [3.63, 3.8) is 0 Å². The van der Waals surface area contributed by atoms with Crippen molar-refractivity contribution in [1.82, 2.24) is 10.3 Å². The van der Waals surface area contributed by atoms with E-state index >= 15 is 0 Å². The third kappa shape index (κ3) is 3.08. The minimum Gasteiger partial charge on any atom is -0.309 e. The Kier molecular flexibility index (Phi) is 4.39. The van der Waals surface area contributed by atoms with E-state index < -0.39 is 0 Å². The molecule has 0 atom stereocenters. The van der Waals surface area contributed by atoms with E-state index in [1.54, 1.807) is 11.3 Å². The predicted octanol–water partition coefficient (Wildman–Crippen LogP) is 2.73. The molecule has 0 aromatic carbocycles. The zero-order valence-corrected chi connectivity index (χ0v) is 9.45. The summed E-state index contributed by atoms with van der Waals surface area (Å²) in [6.45, 7) is 7.49. The second kappa shape index (κ2) is 5.35. The minimum atomic E-state index is 0.654. The van der Waals surface area contributed by atoms with Gasteiger partial charge in [-0.3, -0.25) is 0 Å². The lowest BCUT2D eigenvalue weighted by Crippen LogP contribution is -2.26. The van der Waals surface area contributed by atoms with Crippen molar-refractivity contribution in [2.45, 2.75) is 46.2 Å². The van der Waals surface area contributed by atoms with Crippen LogP contribution in [0.1, 0.15) is 37.3 Å². The van der Waals surface area contributed by atoms with E-state index in [1.807, 2.05) is 5.51 Å². The van der Waals surface area contributed by atoms with Crippen LogP contribution in [0.4, 0.5) is 0 Å². The van der Waals surface area contributed by atoms with E-state index in [1.165, 1.54) is 23.4 Å². The highest BCUT2D eigenvalue weighted by atomic mass is 32.1. The van der Waals surface area contributed by atoms with Gasteiger partial charge in [0, 0.05) is 17.5 Å². The van der Waals surface area contributed by atoms with Gasteiger partial charge in [-0.15, -0.1) is 11.3 Å². The molecule has 0 amide bonds. The Morgan fingerprint density at radius 3 is 2.62 bits per heavy atom. The van der Waals surface area contributed by atoms with Crippen molar-refractivity contribution in [2.24, 2.45) is 0 Å². The van der Waals surface area contributed by atoms with Gasteiger partial charge in [-0.05, 0) is 19.8 Å². The molecule has 0 aliphatic rings. The molecule has 0 aliphatic heterocycles. The smallest absolute Gasteiger partial charge is 0.0798 e. The molecule has 0 bridgehead atoms. The first kappa shape index (κ1) is 10.7. The summed E-state index contributed by atoms with van der Waals surface area (Å²) in [5.41, 5.74) is 3.09. The topological polar surface area (TPSA) is 24.9 Å². The van der Waals surface area contributed by atoms with E-state index in [4.69, 9.17) is 0 Å². The predicted molar refractivity (Wildman–Crippen MR) is 58.1 cm³/mol. The number of nitrogens with one attached hydrogen (secondary N) is 1. The summed E-state index contributed by atoms with van der Waals surface area (Å²) >= 11 is 1.74. The summed E-state index contributed by atoms with van der Waals surface area (Å²) in [6, 6.07) is 0.654. The Hall–Kier alpha value is -0.410. The molecule has 1 N–H and O–H groups in total. The maximum Gasteiger partial charge on any atom is 0.0798 e. The summed E-state index contributed by atoms with van der Waals surface area (Å²) in [4.78, 5) is 5.59. The molecule has 1 heterocycles. The van der Waals surface area contributed by atoms with Gasteiger partial charge in [0.25, 0.3) is 0 Å². The van der Waals surface area contributed by atoms with Crippen LogP contribution in [0.2, 0.25) is 0 Å². The molecular weight excluding hydrogens is 180 g/mol. The van der Waals surface area contributed by atoms with Crippen LogP contribution in [0.3, 0.4) is 0 Å². The molecule has 0 saturated carbocycles. The van der Waals surface area contributed by atoms with Crippen LogP contribution in [-0.2, 0) is 6.54 Å². The molecule has 1 aromatic heterocycles. The molecular formula is C10H18N2S. The molecule has 0 aliphatic carbocycles. The Morgan fingerprint density at radius 1 is 1.46 bits per heavy atom. The second-order valence-corrected chi connectivity index (χ2v) is 4.19. The quantitative estimate of drug-likeness (QED) is 0.787. The van der Waals surface area contributed by atoms with Gasteiger partial charge in [0.15, 0.2) is 0 Å². The van der Waals surface area contributed by atoms with Crippen LogP contribution in [0.5, 0.6) is 0 Å². The molecule has 2 nitrogen and oxygen atoms in total. The average Bonchev–Trinajstić information content (AvgIpc) is 2.54. The molecule has 0 radical (unpaired) electrons. The van der Waals surface area contributed by atoms with Gasteiger partial charge in [0.05, 0.1) is 11.2 Å². The highest BCUT2D eigenvalue weighted by Gasteiger charge is 2.04. The van der Waals surface area contributed by atoms with Crippen molar-refractivity contribution in [3.05, 3.63) is 16.1 Å². The fourth-order valence-corrected chi connectivity index (χ4v) is 2.04. The molecule has 1 aromatic rings. The van der Waals surface area contributed by atoms with E-state index in [-0.39, 0.29) is 0 Å². The standard InChI is InChI=1S/C10H18N2S/c1-4-9(5-2)11-6-10-8(3)12-7-13-10/h7,9,11H,4-6H2,1-3H3. The fraction of sp³-hybridized carbons (Fsp3) is 0.700. The zero-order chi connectivity index (χ0) is 9.68. The van der Waals surface area contributed by atoms with Crippen molar-refractivity contribution in [2.75, 3.05) is 0 Å². The summed E-state index contributed by atoms with van der Waals surface area (Å²) in [6.07, 6.45) is 2.41. The zero-order valence-electron chi connectivity index (χ0n) is 8.63. The van der Waals surface area contributed by atoms with Crippen LogP contribution in [0.15, 0.2) is 5.51 Å². The molecule has 13 heavy (non-hydrogen) atoms. The SMILES string of the molecule is CCC(CC)NCc1scnc1C. The van der Waals surface area contributed by atoms with E-state index in [2.05, 4.69) is 31.1 Å². The second-order valence-electron chi connectivity index (χ2n) is 3.26. The lowest BCUT2D eigenvalue weighted by atomic mass is 10.2. The third-order valence-corrected chi connectivity index (χ3v) is 3.32. The van der Waals surface area contributed by atoms with Gasteiger partial charge in [0.1, 0.15) is 0 Å². The Bertz CT molecular complexity index is 241. The molecule has 1 rings (SSSR count). The van der Waals surface area contributed by atoms with Crippen LogP contribution in [0.25, 0.3) is 0 Å². The number of hydrogen-bond acceptors (Lipinski definition) is 3. The number of aromatic nitrogens is 1. The van der Waals surface area contributed by atoms with Gasteiger partial charge in [-0.25, -0.2) is 4.98 Å². The molecule has 0 saturated heterocycles. The first-order valence-electron chi connectivity index (χ1n) is 4.90. The van der Waals surface area contributed by atoms with Gasteiger partial charge < -0.3 is 5.32 Å². The van der Waals surface area contributed by atoms with Gasteiger partial charge in [-0.1, -0.05) is 13.8 Å². The largest absolute Gasteiger partial charge is 0.309 e. The van der Waals surface area contributed by atoms with Gasteiger partial charge in [0.2, 0.25) is 0 Å². The lowest BCUT2D eigenvalue weighted by molar-refractivity contribution is 0.485. The number of rotatable bonds is 5. The van der Waals surface area contributed by atoms with Crippen molar-refractivity contribution >= 4 is 11.3 Å². The lowest BCUT2D eigenvalue weighted by Gasteiger charge is -2.13. The van der Waals surface area contributed by atoms with E-state index in [0.29, 0.717) is 6.04 Å².